The van der Waals surface area contributed by atoms with E-state index in [1.165, 1.54) is 5.56 Å². The third-order valence-electron chi connectivity index (χ3n) is 5.57. The van der Waals surface area contributed by atoms with Crippen molar-refractivity contribution in [1.82, 2.24) is 25.1 Å². The normalized spacial score (nSPS) is 14.9. The summed E-state index contributed by atoms with van der Waals surface area (Å²) in [6.07, 6.45) is 2.49. The van der Waals surface area contributed by atoms with Gasteiger partial charge in [0.2, 0.25) is 5.91 Å². The van der Waals surface area contributed by atoms with Gasteiger partial charge in [-0.1, -0.05) is 29.8 Å². The SMILES string of the molecule is COCCCNC(=O)C1CCN(c2ccc3nnc(-c4ccc(C)cc4)n3n2)CC1. The van der Waals surface area contributed by atoms with Crippen LogP contribution in [0, 0.1) is 12.8 Å². The smallest absolute Gasteiger partial charge is 0.223 e. The fourth-order valence-corrected chi connectivity index (χ4v) is 3.77. The Hall–Kier alpha value is -3.00. The fourth-order valence-electron chi connectivity index (χ4n) is 3.77. The van der Waals surface area contributed by atoms with Gasteiger partial charge in [-0.15, -0.1) is 15.3 Å². The van der Waals surface area contributed by atoms with Gasteiger partial charge in [0.25, 0.3) is 0 Å². The molecule has 1 saturated heterocycles. The Morgan fingerprint density at radius 1 is 1.13 bits per heavy atom. The van der Waals surface area contributed by atoms with E-state index in [0.29, 0.717) is 13.2 Å². The highest BCUT2D eigenvalue weighted by Gasteiger charge is 2.25. The fraction of sp³-hybridized carbons (Fsp3) is 0.455. The average Bonchev–Trinajstić information content (AvgIpc) is 3.20. The molecule has 1 fully saturated rings. The highest BCUT2D eigenvalue weighted by Crippen LogP contribution is 2.24. The lowest BCUT2D eigenvalue weighted by Crippen LogP contribution is -2.41. The topological polar surface area (TPSA) is 84.6 Å². The maximum Gasteiger partial charge on any atom is 0.223 e. The Morgan fingerprint density at radius 2 is 1.90 bits per heavy atom. The first kappa shape index (κ1) is 20.3. The van der Waals surface area contributed by atoms with Crippen LogP contribution in [-0.2, 0) is 9.53 Å². The Balaban J connectivity index is 1.43. The molecular formula is C22H28N6O2. The molecule has 1 N–H and O–H groups in total. The largest absolute Gasteiger partial charge is 0.385 e. The highest BCUT2D eigenvalue weighted by molar-refractivity contribution is 5.79. The molecule has 0 aliphatic carbocycles. The first-order valence-electron chi connectivity index (χ1n) is 10.5. The van der Waals surface area contributed by atoms with Crippen molar-refractivity contribution in [2.75, 3.05) is 38.3 Å². The lowest BCUT2D eigenvalue weighted by Gasteiger charge is -2.32. The number of anilines is 1. The summed E-state index contributed by atoms with van der Waals surface area (Å²) in [6, 6.07) is 12.1. The first-order chi connectivity index (χ1) is 14.7. The van der Waals surface area contributed by atoms with Gasteiger partial charge in [-0.25, -0.2) is 0 Å². The van der Waals surface area contributed by atoms with Crippen LogP contribution in [0.3, 0.4) is 0 Å². The summed E-state index contributed by atoms with van der Waals surface area (Å²) in [5, 5.41) is 16.4. The van der Waals surface area contributed by atoms with Crippen LogP contribution in [0.5, 0.6) is 0 Å². The number of nitrogens with zero attached hydrogens (tertiary/aromatic N) is 5. The van der Waals surface area contributed by atoms with Gasteiger partial charge in [0.1, 0.15) is 5.82 Å². The highest BCUT2D eigenvalue weighted by atomic mass is 16.5. The van der Waals surface area contributed by atoms with Crippen molar-refractivity contribution in [3.63, 3.8) is 0 Å². The van der Waals surface area contributed by atoms with Crippen LogP contribution in [0.1, 0.15) is 24.8 Å². The van der Waals surface area contributed by atoms with E-state index >= 15 is 0 Å². The van der Waals surface area contributed by atoms with Gasteiger partial charge in [-0.2, -0.15) is 4.52 Å². The quantitative estimate of drug-likeness (QED) is 0.605. The summed E-state index contributed by atoms with van der Waals surface area (Å²) in [5.74, 6) is 1.83. The Labute approximate surface area is 176 Å². The van der Waals surface area contributed by atoms with Gasteiger partial charge in [0.05, 0.1) is 0 Å². The zero-order valence-corrected chi connectivity index (χ0v) is 17.5. The van der Waals surface area contributed by atoms with Crippen molar-refractivity contribution in [2.45, 2.75) is 26.2 Å². The maximum absolute atomic E-state index is 12.4. The number of carbonyl (C=O) groups excluding carboxylic acids is 1. The molecule has 3 aromatic rings. The summed E-state index contributed by atoms with van der Waals surface area (Å²) in [4.78, 5) is 14.6. The van der Waals surface area contributed by atoms with Gasteiger partial charge in [0.15, 0.2) is 11.5 Å². The molecule has 1 aliphatic rings. The molecule has 0 spiro atoms. The molecule has 0 bridgehead atoms. The number of aryl methyl sites for hydroxylation is 1. The van der Waals surface area contributed by atoms with Crippen molar-refractivity contribution in [3.8, 4) is 11.4 Å². The minimum absolute atomic E-state index is 0.0607. The molecule has 4 rings (SSSR count). The predicted octanol–water partition coefficient (Wildman–Crippen LogP) is 2.47. The van der Waals surface area contributed by atoms with Crippen LogP contribution in [-0.4, -0.2) is 59.1 Å². The molecule has 0 radical (unpaired) electrons. The number of carbonyl (C=O) groups is 1. The van der Waals surface area contributed by atoms with Gasteiger partial charge in [-0.05, 0) is 38.3 Å². The second-order valence-electron chi connectivity index (χ2n) is 7.75. The molecule has 2 aromatic heterocycles. The van der Waals surface area contributed by atoms with Crippen molar-refractivity contribution in [2.24, 2.45) is 5.92 Å². The number of aromatic nitrogens is 4. The van der Waals surface area contributed by atoms with Gasteiger partial charge >= 0.3 is 0 Å². The molecule has 0 saturated carbocycles. The average molecular weight is 409 g/mol. The van der Waals surface area contributed by atoms with Crippen LogP contribution in [0.25, 0.3) is 17.0 Å². The van der Waals surface area contributed by atoms with E-state index in [1.54, 1.807) is 11.6 Å². The number of hydrogen-bond acceptors (Lipinski definition) is 6. The van der Waals surface area contributed by atoms with Crippen molar-refractivity contribution >= 4 is 17.4 Å². The number of rotatable bonds is 7. The summed E-state index contributed by atoms with van der Waals surface area (Å²) < 4.78 is 6.82. The minimum Gasteiger partial charge on any atom is -0.385 e. The summed E-state index contributed by atoms with van der Waals surface area (Å²) in [7, 11) is 1.67. The van der Waals surface area contributed by atoms with Crippen molar-refractivity contribution < 1.29 is 9.53 Å². The Kier molecular flexibility index (Phi) is 6.23. The summed E-state index contributed by atoms with van der Waals surface area (Å²) in [5.41, 5.74) is 2.91. The molecule has 0 unspecified atom stereocenters. The second kappa shape index (κ2) is 9.21. The van der Waals surface area contributed by atoms with E-state index in [1.807, 2.05) is 24.3 Å². The standard InChI is InChI=1S/C22H28N6O2/c1-16-4-6-17(7-5-16)21-25-24-19-8-9-20(26-28(19)21)27-13-10-18(11-14-27)22(29)23-12-3-15-30-2/h4-9,18H,3,10-15H2,1-2H3,(H,23,29). The number of amides is 1. The second-order valence-corrected chi connectivity index (χ2v) is 7.75. The Morgan fingerprint density at radius 3 is 2.63 bits per heavy atom. The third kappa shape index (κ3) is 4.43. The number of fused-ring (bicyclic) bond motifs is 1. The zero-order valence-electron chi connectivity index (χ0n) is 17.5. The molecule has 8 heteroatoms. The molecule has 30 heavy (non-hydrogen) atoms. The number of benzene rings is 1. The van der Waals surface area contributed by atoms with E-state index in [9.17, 15) is 4.79 Å². The molecule has 1 amide bonds. The number of piperidine rings is 1. The minimum atomic E-state index is 0.0607. The van der Waals surface area contributed by atoms with Gasteiger partial charge in [0, 0.05) is 44.8 Å². The van der Waals surface area contributed by atoms with Crippen LogP contribution in [0.4, 0.5) is 5.82 Å². The lowest BCUT2D eigenvalue weighted by molar-refractivity contribution is -0.125. The molecular weight excluding hydrogens is 380 g/mol. The number of ether oxygens (including phenoxy) is 1. The molecule has 3 heterocycles. The van der Waals surface area contributed by atoms with Crippen LogP contribution in [0.2, 0.25) is 0 Å². The van der Waals surface area contributed by atoms with Crippen molar-refractivity contribution in [1.29, 1.82) is 0 Å². The van der Waals surface area contributed by atoms with Gasteiger partial charge < -0.3 is 15.0 Å². The summed E-state index contributed by atoms with van der Waals surface area (Å²) in [6.45, 7) is 5.00. The summed E-state index contributed by atoms with van der Waals surface area (Å²) >= 11 is 0. The monoisotopic (exact) mass is 408 g/mol. The van der Waals surface area contributed by atoms with E-state index in [2.05, 4.69) is 39.5 Å². The number of hydrogen-bond donors (Lipinski definition) is 1. The molecule has 8 nitrogen and oxygen atoms in total. The zero-order chi connectivity index (χ0) is 20.9. The first-order valence-corrected chi connectivity index (χ1v) is 10.5. The van der Waals surface area contributed by atoms with Crippen LogP contribution < -0.4 is 10.2 Å². The maximum atomic E-state index is 12.4. The van der Waals surface area contributed by atoms with E-state index in [0.717, 1.165) is 55.2 Å². The number of nitrogens with one attached hydrogen (secondary N) is 1. The van der Waals surface area contributed by atoms with E-state index < -0.39 is 0 Å². The van der Waals surface area contributed by atoms with Crippen LogP contribution >= 0.6 is 0 Å². The van der Waals surface area contributed by atoms with Crippen molar-refractivity contribution in [3.05, 3.63) is 42.0 Å². The van der Waals surface area contributed by atoms with E-state index in [4.69, 9.17) is 9.84 Å². The molecule has 158 valence electrons. The predicted molar refractivity (Wildman–Crippen MR) is 115 cm³/mol. The van der Waals surface area contributed by atoms with Gasteiger partial charge in [-0.3, -0.25) is 4.79 Å². The van der Waals surface area contributed by atoms with E-state index in [-0.39, 0.29) is 11.8 Å². The molecule has 1 aliphatic heterocycles. The lowest BCUT2D eigenvalue weighted by atomic mass is 9.96. The Bertz CT molecular complexity index is 993. The molecule has 0 atom stereocenters. The number of methoxy groups -OCH3 is 1. The van der Waals surface area contributed by atoms with Crippen LogP contribution in [0.15, 0.2) is 36.4 Å². The molecule has 1 aromatic carbocycles. The third-order valence-corrected chi connectivity index (χ3v) is 5.57.